The Labute approximate surface area is 116 Å². The molecule has 20 heavy (non-hydrogen) atoms. The molecule has 1 heterocycles. The molecule has 0 aliphatic carbocycles. The van der Waals surface area contributed by atoms with E-state index in [4.69, 9.17) is 13.9 Å². The van der Waals surface area contributed by atoms with Gasteiger partial charge in [-0.15, -0.1) is 0 Å². The Morgan fingerprint density at radius 1 is 1.40 bits per heavy atom. The molecule has 0 unspecified atom stereocenters. The fourth-order valence-corrected chi connectivity index (χ4v) is 1.64. The number of methoxy groups -OCH3 is 1. The minimum atomic E-state index is -0.298. The summed E-state index contributed by atoms with van der Waals surface area (Å²) < 4.78 is 16.0. The van der Waals surface area contributed by atoms with Gasteiger partial charge in [-0.2, -0.15) is 0 Å². The van der Waals surface area contributed by atoms with Crippen LogP contribution >= 0.6 is 0 Å². The smallest absolute Gasteiger partial charge is 0.272 e. The number of ether oxygens (including phenoxy) is 2. The monoisotopic (exact) mass is 276 g/mol. The maximum Gasteiger partial charge on any atom is 0.272 e. The van der Waals surface area contributed by atoms with Crippen molar-refractivity contribution in [1.29, 1.82) is 0 Å². The molecule has 0 radical (unpaired) electrons. The summed E-state index contributed by atoms with van der Waals surface area (Å²) >= 11 is 0. The number of carbonyl (C=O) groups is 1. The molecule has 0 fully saturated rings. The maximum atomic E-state index is 11.3. The van der Waals surface area contributed by atoms with Crippen LogP contribution in [-0.4, -0.2) is 25.0 Å². The third-order valence-corrected chi connectivity index (χ3v) is 2.68. The van der Waals surface area contributed by atoms with Gasteiger partial charge in [0, 0.05) is 7.05 Å². The lowest BCUT2D eigenvalue weighted by Crippen LogP contribution is -2.18. The fourth-order valence-electron chi connectivity index (χ4n) is 1.64. The summed E-state index contributed by atoms with van der Waals surface area (Å²) in [4.78, 5) is 15.4. The van der Waals surface area contributed by atoms with Gasteiger partial charge >= 0.3 is 0 Å². The van der Waals surface area contributed by atoms with Gasteiger partial charge in [0.05, 0.1) is 7.11 Å². The van der Waals surface area contributed by atoms with E-state index in [1.165, 1.54) is 13.3 Å². The number of hydrogen-bond donors (Lipinski definition) is 1. The average Bonchev–Trinajstić information content (AvgIpc) is 2.93. The van der Waals surface area contributed by atoms with E-state index in [2.05, 4.69) is 10.3 Å². The summed E-state index contributed by atoms with van der Waals surface area (Å²) in [5, 5.41) is 2.47. The van der Waals surface area contributed by atoms with Crippen LogP contribution in [0.3, 0.4) is 0 Å². The van der Waals surface area contributed by atoms with Crippen molar-refractivity contribution >= 4 is 5.91 Å². The van der Waals surface area contributed by atoms with Crippen molar-refractivity contribution in [2.45, 2.75) is 13.5 Å². The first kappa shape index (κ1) is 13.9. The molecule has 0 saturated carbocycles. The van der Waals surface area contributed by atoms with Crippen LogP contribution < -0.4 is 14.8 Å². The van der Waals surface area contributed by atoms with Gasteiger partial charge < -0.3 is 19.2 Å². The molecule has 2 aromatic rings. The van der Waals surface area contributed by atoms with E-state index in [0.29, 0.717) is 17.4 Å². The van der Waals surface area contributed by atoms with E-state index in [9.17, 15) is 4.79 Å². The van der Waals surface area contributed by atoms with Gasteiger partial charge in [0.25, 0.3) is 5.91 Å². The first-order chi connectivity index (χ1) is 9.63. The van der Waals surface area contributed by atoms with E-state index in [0.717, 1.165) is 5.56 Å². The molecule has 0 aliphatic heterocycles. The van der Waals surface area contributed by atoms with Crippen LogP contribution in [0.2, 0.25) is 0 Å². The summed E-state index contributed by atoms with van der Waals surface area (Å²) in [6, 6.07) is 5.61. The number of benzene rings is 1. The Morgan fingerprint density at radius 3 is 2.90 bits per heavy atom. The SMILES string of the molecule is CNC(=O)c1coc(COc2ccc(C)cc2OC)n1. The Bertz CT molecular complexity index is 607. The topological polar surface area (TPSA) is 73.6 Å². The zero-order valence-electron chi connectivity index (χ0n) is 11.6. The number of aromatic nitrogens is 1. The lowest BCUT2D eigenvalue weighted by molar-refractivity contribution is 0.0958. The second-order valence-electron chi connectivity index (χ2n) is 4.15. The second kappa shape index (κ2) is 6.10. The Morgan fingerprint density at radius 2 is 2.20 bits per heavy atom. The lowest BCUT2D eigenvalue weighted by atomic mass is 10.2. The number of rotatable bonds is 5. The molecule has 6 heteroatoms. The van der Waals surface area contributed by atoms with Gasteiger partial charge in [0.1, 0.15) is 6.26 Å². The predicted molar refractivity (Wildman–Crippen MR) is 72.0 cm³/mol. The van der Waals surface area contributed by atoms with Gasteiger partial charge in [0.15, 0.2) is 23.8 Å². The number of nitrogens with zero attached hydrogens (tertiary/aromatic N) is 1. The van der Waals surface area contributed by atoms with Crippen LogP contribution in [0.15, 0.2) is 28.9 Å². The van der Waals surface area contributed by atoms with Crippen molar-refractivity contribution in [2.75, 3.05) is 14.2 Å². The summed E-state index contributed by atoms with van der Waals surface area (Å²) in [5.74, 6) is 1.26. The van der Waals surface area contributed by atoms with Crippen molar-refractivity contribution in [3.63, 3.8) is 0 Å². The average molecular weight is 276 g/mol. The fraction of sp³-hybridized carbons (Fsp3) is 0.286. The molecule has 106 valence electrons. The minimum absolute atomic E-state index is 0.121. The molecule has 0 atom stereocenters. The van der Waals surface area contributed by atoms with E-state index in [1.54, 1.807) is 7.11 Å². The normalized spacial score (nSPS) is 10.2. The molecule has 1 N–H and O–H groups in total. The van der Waals surface area contributed by atoms with Crippen LogP contribution in [0.4, 0.5) is 0 Å². The van der Waals surface area contributed by atoms with Crippen LogP contribution in [0, 0.1) is 6.92 Å². The van der Waals surface area contributed by atoms with Gasteiger partial charge in [-0.25, -0.2) is 4.98 Å². The van der Waals surface area contributed by atoms with Gasteiger partial charge in [-0.3, -0.25) is 4.79 Å². The number of nitrogens with one attached hydrogen (secondary N) is 1. The molecule has 1 aromatic carbocycles. The number of carbonyl (C=O) groups excluding carboxylic acids is 1. The molecule has 6 nitrogen and oxygen atoms in total. The lowest BCUT2D eigenvalue weighted by Gasteiger charge is -2.09. The van der Waals surface area contributed by atoms with E-state index < -0.39 is 0 Å². The third kappa shape index (κ3) is 3.09. The summed E-state index contributed by atoms with van der Waals surface area (Å²) in [7, 11) is 3.11. The number of oxazole rings is 1. The molecule has 1 amide bonds. The molecule has 0 aliphatic rings. The van der Waals surface area contributed by atoms with Crippen LogP contribution in [0.25, 0.3) is 0 Å². The van der Waals surface area contributed by atoms with Crippen LogP contribution in [0.1, 0.15) is 21.9 Å². The number of aryl methyl sites for hydroxylation is 1. The molecule has 1 aromatic heterocycles. The minimum Gasteiger partial charge on any atom is -0.493 e. The number of amides is 1. The van der Waals surface area contributed by atoms with Crippen molar-refractivity contribution in [1.82, 2.24) is 10.3 Å². The van der Waals surface area contributed by atoms with Crippen molar-refractivity contribution in [2.24, 2.45) is 0 Å². The zero-order chi connectivity index (χ0) is 14.5. The first-order valence-electron chi connectivity index (χ1n) is 6.08. The largest absolute Gasteiger partial charge is 0.493 e. The highest BCUT2D eigenvalue weighted by molar-refractivity contribution is 5.91. The highest BCUT2D eigenvalue weighted by atomic mass is 16.5. The standard InChI is InChI=1S/C14H16N2O4/c1-9-4-5-11(12(6-9)18-3)19-8-13-16-10(7-20-13)14(17)15-2/h4-7H,8H2,1-3H3,(H,15,17). The number of hydrogen-bond acceptors (Lipinski definition) is 5. The van der Waals surface area contributed by atoms with E-state index in [1.807, 2.05) is 25.1 Å². The molecular formula is C14H16N2O4. The maximum absolute atomic E-state index is 11.3. The summed E-state index contributed by atoms with van der Waals surface area (Å²) in [6.07, 6.45) is 1.30. The summed E-state index contributed by atoms with van der Waals surface area (Å²) in [5.41, 5.74) is 1.30. The van der Waals surface area contributed by atoms with Gasteiger partial charge in [-0.05, 0) is 24.6 Å². The summed E-state index contributed by atoms with van der Waals surface area (Å²) in [6.45, 7) is 2.09. The Kier molecular flexibility index (Phi) is 4.24. The highest BCUT2D eigenvalue weighted by Gasteiger charge is 2.12. The molecule has 0 spiro atoms. The van der Waals surface area contributed by atoms with Crippen LogP contribution in [-0.2, 0) is 6.61 Å². The zero-order valence-corrected chi connectivity index (χ0v) is 11.6. The van der Waals surface area contributed by atoms with E-state index in [-0.39, 0.29) is 18.2 Å². The van der Waals surface area contributed by atoms with E-state index >= 15 is 0 Å². The van der Waals surface area contributed by atoms with Gasteiger partial charge in [0.2, 0.25) is 5.89 Å². The van der Waals surface area contributed by atoms with Crippen molar-refractivity contribution in [3.8, 4) is 11.5 Å². The van der Waals surface area contributed by atoms with Crippen LogP contribution in [0.5, 0.6) is 11.5 Å². The molecule has 2 rings (SSSR count). The van der Waals surface area contributed by atoms with Gasteiger partial charge in [-0.1, -0.05) is 6.07 Å². The van der Waals surface area contributed by atoms with Crippen molar-refractivity contribution < 1.29 is 18.7 Å². The Hall–Kier alpha value is -2.50. The Balaban J connectivity index is 2.05. The van der Waals surface area contributed by atoms with Crippen molar-refractivity contribution in [3.05, 3.63) is 41.6 Å². The molecule has 0 saturated heterocycles. The highest BCUT2D eigenvalue weighted by Crippen LogP contribution is 2.28. The second-order valence-corrected chi connectivity index (χ2v) is 4.15. The predicted octanol–water partition coefficient (Wildman–Crippen LogP) is 1.93. The molecule has 0 bridgehead atoms. The quantitative estimate of drug-likeness (QED) is 0.903. The first-order valence-corrected chi connectivity index (χ1v) is 6.08. The molecular weight excluding hydrogens is 260 g/mol. The third-order valence-electron chi connectivity index (χ3n) is 2.68.